The van der Waals surface area contributed by atoms with E-state index in [1.807, 2.05) is 0 Å². The summed E-state index contributed by atoms with van der Waals surface area (Å²) in [5, 5.41) is 24.0. The van der Waals surface area contributed by atoms with Crippen LogP contribution in [0.25, 0.3) is 10.9 Å². The lowest BCUT2D eigenvalue weighted by atomic mass is 10.2. The van der Waals surface area contributed by atoms with Gasteiger partial charge in [-0.2, -0.15) is 5.10 Å². The summed E-state index contributed by atoms with van der Waals surface area (Å²) in [6, 6.07) is 0. The van der Waals surface area contributed by atoms with Crippen molar-refractivity contribution in [2.24, 2.45) is 0 Å². The number of hydrogen-bond donors (Lipinski definition) is 1. The number of aromatic nitrogens is 5. The normalized spacial score (nSPS) is 11.1. The Balaban J connectivity index is 2.24. The van der Waals surface area contributed by atoms with Crippen molar-refractivity contribution in [3.8, 4) is 0 Å². The molecule has 0 amide bonds. The van der Waals surface area contributed by atoms with Gasteiger partial charge < -0.3 is 9.63 Å². The van der Waals surface area contributed by atoms with Crippen molar-refractivity contribution in [2.75, 3.05) is 0 Å². The van der Waals surface area contributed by atoms with Gasteiger partial charge in [-0.3, -0.25) is 4.79 Å². The van der Waals surface area contributed by atoms with E-state index in [0.717, 1.165) is 4.68 Å². The zero-order valence-electron chi connectivity index (χ0n) is 11.0. The maximum atomic E-state index is 12.3. The first-order valence-corrected chi connectivity index (χ1v) is 5.87. The average molecular weight is 291 g/mol. The smallest absolute Gasteiger partial charge is 0.357 e. The molecule has 0 spiro atoms. The molecule has 10 nitrogen and oxygen atoms in total. The molecule has 3 aromatic heterocycles. The fourth-order valence-electron chi connectivity index (χ4n) is 1.93. The number of aryl methyl sites for hydroxylation is 2. The molecular formula is C11H9N5O5. The van der Waals surface area contributed by atoms with Gasteiger partial charge in [0.05, 0.1) is 11.9 Å². The van der Waals surface area contributed by atoms with Crippen molar-refractivity contribution < 1.29 is 19.1 Å². The molecule has 10 heteroatoms. The lowest BCUT2D eigenvalue weighted by molar-refractivity contribution is 0.0690. The van der Waals surface area contributed by atoms with Gasteiger partial charge in [0.25, 0.3) is 5.56 Å². The third-order valence-electron chi connectivity index (χ3n) is 3.01. The van der Waals surface area contributed by atoms with Crippen molar-refractivity contribution in [1.82, 2.24) is 25.3 Å². The highest BCUT2D eigenvalue weighted by molar-refractivity contribution is 6.00. The second-order valence-electron chi connectivity index (χ2n) is 4.38. The third kappa shape index (κ3) is 1.96. The molecule has 108 valence electrons. The SMILES string of the molecule is Cc1nonc1Cn1nc(C(=O)O)c2c(C)onc2c1=O. The summed E-state index contributed by atoms with van der Waals surface area (Å²) in [6.45, 7) is 3.09. The van der Waals surface area contributed by atoms with E-state index in [1.54, 1.807) is 6.92 Å². The molecule has 0 bridgehead atoms. The summed E-state index contributed by atoms with van der Waals surface area (Å²) in [6.07, 6.45) is 0. The van der Waals surface area contributed by atoms with Gasteiger partial charge in [0.2, 0.25) is 0 Å². The Bertz CT molecular complexity index is 906. The minimum absolute atomic E-state index is 0.0731. The lowest BCUT2D eigenvalue weighted by Crippen LogP contribution is -2.27. The molecule has 0 saturated carbocycles. The van der Waals surface area contributed by atoms with Crippen molar-refractivity contribution >= 4 is 16.9 Å². The zero-order chi connectivity index (χ0) is 15.1. The van der Waals surface area contributed by atoms with Crippen molar-refractivity contribution in [1.29, 1.82) is 0 Å². The Kier molecular flexibility index (Phi) is 2.78. The number of carboxylic acid groups (broad SMARTS) is 1. The fraction of sp³-hybridized carbons (Fsp3) is 0.273. The number of fused-ring (bicyclic) bond motifs is 1. The molecule has 1 N–H and O–H groups in total. The topological polar surface area (TPSA) is 137 Å². The van der Waals surface area contributed by atoms with Gasteiger partial charge in [-0.1, -0.05) is 15.5 Å². The second-order valence-corrected chi connectivity index (χ2v) is 4.38. The number of carboxylic acids is 1. The summed E-state index contributed by atoms with van der Waals surface area (Å²) in [5.41, 5.74) is -0.113. The third-order valence-corrected chi connectivity index (χ3v) is 3.01. The van der Waals surface area contributed by atoms with Crippen LogP contribution in [0, 0.1) is 13.8 Å². The summed E-state index contributed by atoms with van der Waals surface area (Å²) in [5.74, 6) is -1.06. The molecule has 0 saturated heterocycles. The molecular weight excluding hydrogens is 282 g/mol. The highest BCUT2D eigenvalue weighted by atomic mass is 16.6. The first-order valence-electron chi connectivity index (χ1n) is 5.87. The van der Waals surface area contributed by atoms with E-state index in [-0.39, 0.29) is 28.9 Å². The Morgan fingerprint density at radius 2 is 2.05 bits per heavy atom. The molecule has 3 heterocycles. The summed E-state index contributed by atoms with van der Waals surface area (Å²) in [4.78, 5) is 23.6. The molecule has 0 aliphatic carbocycles. The van der Waals surface area contributed by atoms with Crippen LogP contribution in [0.3, 0.4) is 0 Å². The maximum absolute atomic E-state index is 12.3. The molecule has 0 aliphatic heterocycles. The van der Waals surface area contributed by atoms with Gasteiger partial charge in [-0.05, 0) is 13.8 Å². The summed E-state index contributed by atoms with van der Waals surface area (Å²) < 4.78 is 10.4. The Morgan fingerprint density at radius 1 is 1.29 bits per heavy atom. The Morgan fingerprint density at radius 3 is 2.67 bits per heavy atom. The van der Waals surface area contributed by atoms with Crippen LogP contribution in [-0.2, 0) is 6.54 Å². The maximum Gasteiger partial charge on any atom is 0.357 e. The first kappa shape index (κ1) is 13.0. The van der Waals surface area contributed by atoms with Crippen LogP contribution in [0.2, 0.25) is 0 Å². The zero-order valence-corrected chi connectivity index (χ0v) is 11.0. The van der Waals surface area contributed by atoms with Crippen LogP contribution in [0.15, 0.2) is 13.9 Å². The first-order chi connectivity index (χ1) is 9.99. The van der Waals surface area contributed by atoms with Crippen molar-refractivity contribution in [3.05, 3.63) is 33.2 Å². The standard InChI is InChI=1S/C11H9N5O5/c1-4-6(14-21-13-4)3-16-10(17)8-7(5(2)20-15-8)9(12-16)11(18)19/h3H2,1-2H3,(H,18,19). The van der Waals surface area contributed by atoms with Crippen LogP contribution < -0.4 is 5.56 Å². The average Bonchev–Trinajstić information content (AvgIpc) is 3.00. The van der Waals surface area contributed by atoms with Gasteiger partial charge in [0.15, 0.2) is 11.2 Å². The van der Waals surface area contributed by atoms with E-state index in [9.17, 15) is 14.7 Å². The highest BCUT2D eigenvalue weighted by Crippen LogP contribution is 2.17. The van der Waals surface area contributed by atoms with Crippen LogP contribution in [-0.4, -0.2) is 36.3 Å². The van der Waals surface area contributed by atoms with Crippen LogP contribution in [0.1, 0.15) is 27.6 Å². The van der Waals surface area contributed by atoms with E-state index >= 15 is 0 Å². The van der Waals surface area contributed by atoms with E-state index in [2.05, 4.69) is 25.2 Å². The van der Waals surface area contributed by atoms with Gasteiger partial charge in [0, 0.05) is 0 Å². The molecule has 0 aliphatic rings. The Hall–Kier alpha value is -3.04. The molecule has 0 fully saturated rings. The predicted octanol–water partition coefficient (Wildman–Crippen LogP) is 0.131. The molecule has 3 aromatic rings. The van der Waals surface area contributed by atoms with Crippen molar-refractivity contribution in [2.45, 2.75) is 20.4 Å². The minimum atomic E-state index is -1.28. The van der Waals surface area contributed by atoms with Gasteiger partial charge in [-0.25, -0.2) is 14.1 Å². The largest absolute Gasteiger partial charge is 0.476 e. The predicted molar refractivity (Wildman–Crippen MR) is 65.9 cm³/mol. The lowest BCUT2D eigenvalue weighted by Gasteiger charge is -2.04. The number of rotatable bonds is 3. The fourth-order valence-corrected chi connectivity index (χ4v) is 1.93. The monoisotopic (exact) mass is 291 g/mol. The van der Waals surface area contributed by atoms with E-state index < -0.39 is 11.5 Å². The second kappa shape index (κ2) is 4.51. The quantitative estimate of drug-likeness (QED) is 0.713. The number of nitrogens with zero attached hydrogens (tertiary/aromatic N) is 5. The van der Waals surface area contributed by atoms with Crippen LogP contribution >= 0.6 is 0 Å². The molecule has 21 heavy (non-hydrogen) atoms. The number of aromatic carboxylic acids is 1. The van der Waals surface area contributed by atoms with Crippen LogP contribution in [0.4, 0.5) is 0 Å². The molecule has 3 rings (SSSR count). The number of hydrogen-bond acceptors (Lipinski definition) is 8. The molecule has 0 atom stereocenters. The molecule has 0 radical (unpaired) electrons. The Labute approximate surface area is 115 Å². The van der Waals surface area contributed by atoms with E-state index in [0.29, 0.717) is 11.4 Å². The van der Waals surface area contributed by atoms with E-state index in [1.165, 1.54) is 6.92 Å². The van der Waals surface area contributed by atoms with Crippen LogP contribution in [0.5, 0.6) is 0 Å². The van der Waals surface area contributed by atoms with Gasteiger partial charge in [0.1, 0.15) is 17.1 Å². The summed E-state index contributed by atoms with van der Waals surface area (Å²) in [7, 11) is 0. The van der Waals surface area contributed by atoms with Gasteiger partial charge >= 0.3 is 5.97 Å². The molecule has 0 aromatic carbocycles. The highest BCUT2D eigenvalue weighted by Gasteiger charge is 2.22. The van der Waals surface area contributed by atoms with E-state index in [4.69, 9.17) is 4.52 Å². The minimum Gasteiger partial charge on any atom is -0.476 e. The molecule has 0 unspecified atom stereocenters. The van der Waals surface area contributed by atoms with Gasteiger partial charge in [-0.15, -0.1) is 0 Å². The van der Waals surface area contributed by atoms with Crippen molar-refractivity contribution in [3.63, 3.8) is 0 Å². The number of carbonyl (C=O) groups is 1. The summed E-state index contributed by atoms with van der Waals surface area (Å²) >= 11 is 0.